The smallest absolute Gasteiger partial charge is 0.0972 e. The number of anilines is 3. The van der Waals surface area contributed by atoms with E-state index in [2.05, 4.69) is 114 Å². The van der Waals surface area contributed by atoms with Crippen molar-refractivity contribution in [3.63, 3.8) is 0 Å². The lowest BCUT2D eigenvalue weighted by atomic mass is 10.0. The van der Waals surface area contributed by atoms with E-state index < -0.39 is 0 Å². The molecule has 2 heterocycles. The molecule has 2 aromatic heterocycles. The van der Waals surface area contributed by atoms with Crippen molar-refractivity contribution in [1.29, 1.82) is 0 Å². The number of aromatic nitrogens is 2. The van der Waals surface area contributed by atoms with Crippen LogP contribution in [0.4, 0.5) is 17.1 Å². The third kappa shape index (κ3) is 3.57. The lowest BCUT2D eigenvalue weighted by molar-refractivity contribution is 1.27. The maximum absolute atomic E-state index is 5.05. The first-order valence-electron chi connectivity index (χ1n) is 11.4. The summed E-state index contributed by atoms with van der Waals surface area (Å²) in [6.45, 7) is 2.15. The van der Waals surface area contributed by atoms with Crippen LogP contribution in [0.5, 0.6) is 0 Å². The van der Waals surface area contributed by atoms with Crippen molar-refractivity contribution in [3.8, 4) is 11.3 Å². The zero-order valence-corrected chi connectivity index (χ0v) is 18.9. The van der Waals surface area contributed by atoms with Crippen molar-refractivity contribution >= 4 is 38.9 Å². The Balaban J connectivity index is 1.47. The zero-order chi connectivity index (χ0) is 22.9. The molecule has 0 bridgehead atoms. The summed E-state index contributed by atoms with van der Waals surface area (Å²) in [5, 5.41) is 2.21. The van der Waals surface area contributed by atoms with Crippen molar-refractivity contribution in [3.05, 3.63) is 127 Å². The molecule has 6 aromatic rings. The van der Waals surface area contributed by atoms with Crippen molar-refractivity contribution in [2.75, 3.05) is 4.90 Å². The van der Waals surface area contributed by atoms with Crippen molar-refractivity contribution < 1.29 is 0 Å². The van der Waals surface area contributed by atoms with Gasteiger partial charge >= 0.3 is 0 Å². The second-order valence-corrected chi connectivity index (χ2v) is 8.41. The molecule has 0 aliphatic rings. The van der Waals surface area contributed by atoms with Gasteiger partial charge in [0, 0.05) is 39.6 Å². The average Bonchev–Trinajstić information content (AvgIpc) is 2.90. The van der Waals surface area contributed by atoms with E-state index in [-0.39, 0.29) is 0 Å². The van der Waals surface area contributed by atoms with Crippen LogP contribution in [-0.4, -0.2) is 9.97 Å². The van der Waals surface area contributed by atoms with E-state index in [1.165, 1.54) is 5.56 Å². The van der Waals surface area contributed by atoms with Gasteiger partial charge in [-0.05, 0) is 61.0 Å². The Hall–Kier alpha value is -4.50. The molecule has 0 atom stereocenters. The van der Waals surface area contributed by atoms with Crippen LogP contribution in [-0.2, 0) is 0 Å². The predicted octanol–water partition coefficient (Wildman–Crippen LogP) is 8.23. The van der Waals surface area contributed by atoms with E-state index in [9.17, 15) is 0 Å². The SMILES string of the molecule is Cc1cc(N(c2ccccc2)c2ccccc2)ccc1-c1ccc2ccc3cccnc3c2n1. The van der Waals surface area contributed by atoms with E-state index in [0.29, 0.717) is 0 Å². The molecule has 0 aliphatic carbocycles. The number of aryl methyl sites for hydroxylation is 1. The van der Waals surface area contributed by atoms with Crippen LogP contribution < -0.4 is 4.90 Å². The molecular formula is C31H23N3. The summed E-state index contributed by atoms with van der Waals surface area (Å²) in [5.74, 6) is 0. The molecule has 0 saturated heterocycles. The van der Waals surface area contributed by atoms with E-state index in [4.69, 9.17) is 4.98 Å². The fourth-order valence-corrected chi connectivity index (χ4v) is 4.55. The number of hydrogen-bond acceptors (Lipinski definition) is 3. The molecular weight excluding hydrogens is 414 g/mol. The molecule has 3 heteroatoms. The highest BCUT2D eigenvalue weighted by molar-refractivity contribution is 6.03. The van der Waals surface area contributed by atoms with Gasteiger partial charge in [0.15, 0.2) is 0 Å². The van der Waals surface area contributed by atoms with Crippen LogP contribution in [0.15, 0.2) is 121 Å². The Morgan fingerprint density at radius 1 is 0.559 bits per heavy atom. The Bertz CT molecular complexity index is 1570. The van der Waals surface area contributed by atoms with Gasteiger partial charge in [-0.15, -0.1) is 0 Å². The van der Waals surface area contributed by atoms with Gasteiger partial charge in [-0.3, -0.25) is 4.98 Å². The molecule has 34 heavy (non-hydrogen) atoms. The highest BCUT2D eigenvalue weighted by atomic mass is 15.1. The number of hydrogen-bond donors (Lipinski definition) is 0. The summed E-state index contributed by atoms with van der Waals surface area (Å²) in [7, 11) is 0. The molecule has 162 valence electrons. The van der Waals surface area contributed by atoms with Crippen LogP contribution in [0.1, 0.15) is 5.56 Å². The maximum Gasteiger partial charge on any atom is 0.0972 e. The number of rotatable bonds is 4. The Kier molecular flexibility index (Phi) is 5.00. The number of para-hydroxylation sites is 2. The van der Waals surface area contributed by atoms with Gasteiger partial charge in [0.25, 0.3) is 0 Å². The molecule has 0 N–H and O–H groups in total. The second-order valence-electron chi connectivity index (χ2n) is 8.41. The fourth-order valence-electron chi connectivity index (χ4n) is 4.55. The van der Waals surface area contributed by atoms with E-state index in [0.717, 1.165) is 50.1 Å². The summed E-state index contributed by atoms with van der Waals surface area (Å²) in [5.41, 5.74) is 8.51. The summed E-state index contributed by atoms with van der Waals surface area (Å²) >= 11 is 0. The summed E-state index contributed by atoms with van der Waals surface area (Å²) in [4.78, 5) is 11.9. The standard InChI is InChI=1S/C31H23N3/c1-22-21-27(34(25-10-4-2-5-11-25)26-12-6-3-7-13-26)17-18-28(22)29-19-16-24-15-14-23-9-8-20-32-30(23)31(24)33-29/h2-21H,1H3. The van der Waals surface area contributed by atoms with Gasteiger partial charge in [-0.2, -0.15) is 0 Å². The highest BCUT2D eigenvalue weighted by Crippen LogP contribution is 2.37. The molecule has 0 amide bonds. The van der Waals surface area contributed by atoms with Gasteiger partial charge in [0.2, 0.25) is 0 Å². The summed E-state index contributed by atoms with van der Waals surface area (Å²) < 4.78 is 0. The Labute approximate surface area is 199 Å². The van der Waals surface area contributed by atoms with Crippen LogP contribution >= 0.6 is 0 Å². The predicted molar refractivity (Wildman–Crippen MR) is 142 cm³/mol. The van der Waals surface area contributed by atoms with Crippen molar-refractivity contribution in [1.82, 2.24) is 9.97 Å². The molecule has 0 spiro atoms. The minimum atomic E-state index is 0.939. The normalized spacial score (nSPS) is 11.1. The van der Waals surface area contributed by atoms with Crippen LogP contribution in [0.3, 0.4) is 0 Å². The minimum absolute atomic E-state index is 0.939. The van der Waals surface area contributed by atoms with Crippen molar-refractivity contribution in [2.24, 2.45) is 0 Å². The molecule has 0 saturated carbocycles. The third-order valence-corrected chi connectivity index (χ3v) is 6.21. The quantitative estimate of drug-likeness (QED) is 0.260. The molecule has 6 rings (SSSR count). The molecule has 4 aromatic carbocycles. The van der Waals surface area contributed by atoms with Crippen LogP contribution in [0, 0.1) is 6.92 Å². The zero-order valence-electron chi connectivity index (χ0n) is 18.9. The Morgan fingerprint density at radius 3 is 1.88 bits per heavy atom. The van der Waals surface area contributed by atoms with Gasteiger partial charge in [0.05, 0.1) is 16.7 Å². The van der Waals surface area contributed by atoms with Crippen LogP contribution in [0.2, 0.25) is 0 Å². The largest absolute Gasteiger partial charge is 0.310 e. The van der Waals surface area contributed by atoms with Gasteiger partial charge in [-0.1, -0.05) is 66.7 Å². The summed E-state index contributed by atoms with van der Waals surface area (Å²) in [6, 6.07) is 40.0. The molecule has 0 radical (unpaired) electrons. The van der Waals surface area contributed by atoms with Gasteiger partial charge in [-0.25, -0.2) is 4.98 Å². The first-order valence-corrected chi connectivity index (χ1v) is 11.4. The van der Waals surface area contributed by atoms with E-state index in [1.54, 1.807) is 0 Å². The number of fused-ring (bicyclic) bond motifs is 3. The maximum atomic E-state index is 5.05. The van der Waals surface area contributed by atoms with Crippen molar-refractivity contribution in [2.45, 2.75) is 6.92 Å². The Morgan fingerprint density at radius 2 is 1.21 bits per heavy atom. The fraction of sp³-hybridized carbons (Fsp3) is 0.0323. The first kappa shape index (κ1) is 20.1. The number of nitrogens with zero attached hydrogens (tertiary/aromatic N) is 3. The lowest BCUT2D eigenvalue weighted by Gasteiger charge is -2.26. The topological polar surface area (TPSA) is 29.0 Å². The number of benzene rings is 4. The number of pyridine rings is 2. The van der Waals surface area contributed by atoms with Gasteiger partial charge < -0.3 is 4.90 Å². The highest BCUT2D eigenvalue weighted by Gasteiger charge is 2.14. The summed E-state index contributed by atoms with van der Waals surface area (Å²) in [6.07, 6.45) is 1.83. The van der Waals surface area contributed by atoms with E-state index in [1.807, 2.05) is 24.4 Å². The van der Waals surface area contributed by atoms with Crippen LogP contribution in [0.25, 0.3) is 33.1 Å². The molecule has 0 aliphatic heterocycles. The minimum Gasteiger partial charge on any atom is -0.310 e. The van der Waals surface area contributed by atoms with Gasteiger partial charge in [0.1, 0.15) is 0 Å². The van der Waals surface area contributed by atoms with E-state index >= 15 is 0 Å². The monoisotopic (exact) mass is 437 g/mol. The third-order valence-electron chi connectivity index (χ3n) is 6.21. The molecule has 0 unspecified atom stereocenters. The lowest BCUT2D eigenvalue weighted by Crippen LogP contribution is -2.10. The second kappa shape index (κ2) is 8.45. The molecule has 0 fully saturated rings. The first-order chi connectivity index (χ1) is 16.8. The molecule has 3 nitrogen and oxygen atoms in total. The average molecular weight is 438 g/mol.